The quantitative estimate of drug-likeness (QED) is 0.918. The van der Waals surface area contributed by atoms with Crippen molar-refractivity contribution in [2.75, 3.05) is 6.54 Å². The molecule has 0 bridgehead atoms. The lowest BCUT2D eigenvalue weighted by atomic mass is 9.92. The third-order valence-corrected chi connectivity index (χ3v) is 4.08. The zero-order valence-electron chi connectivity index (χ0n) is 13.9. The van der Waals surface area contributed by atoms with Gasteiger partial charge in [0.1, 0.15) is 6.17 Å². The van der Waals surface area contributed by atoms with Crippen LogP contribution in [0.5, 0.6) is 0 Å². The zero-order chi connectivity index (χ0) is 15.6. The van der Waals surface area contributed by atoms with Crippen LogP contribution in [0.15, 0.2) is 30.3 Å². The van der Waals surface area contributed by atoms with Gasteiger partial charge in [-0.05, 0) is 23.3 Å². The van der Waals surface area contributed by atoms with Gasteiger partial charge >= 0.3 is 0 Å². The maximum atomic E-state index is 12.7. The van der Waals surface area contributed by atoms with Crippen molar-refractivity contribution in [3.8, 4) is 0 Å². The van der Waals surface area contributed by atoms with Crippen LogP contribution in [0.1, 0.15) is 52.8 Å². The molecule has 0 radical (unpaired) electrons. The Balaban J connectivity index is 2.21. The van der Waals surface area contributed by atoms with E-state index in [1.54, 1.807) is 0 Å². The highest BCUT2D eigenvalue weighted by Gasteiger charge is 2.40. The Labute approximate surface area is 128 Å². The van der Waals surface area contributed by atoms with Gasteiger partial charge in [0.15, 0.2) is 0 Å². The first kappa shape index (κ1) is 16.0. The summed E-state index contributed by atoms with van der Waals surface area (Å²) in [5.74, 6) is 0.548. The van der Waals surface area contributed by atoms with Crippen LogP contribution in [0.3, 0.4) is 0 Å². The molecule has 2 rings (SSSR count). The highest BCUT2D eigenvalue weighted by molar-refractivity contribution is 5.84. The third kappa shape index (κ3) is 3.85. The Hall–Kier alpha value is -1.35. The van der Waals surface area contributed by atoms with Crippen LogP contribution in [0.2, 0.25) is 0 Å². The molecule has 2 unspecified atom stereocenters. The summed E-state index contributed by atoms with van der Waals surface area (Å²) in [6.07, 6.45) is 1.02. The number of rotatable bonds is 4. The smallest absolute Gasteiger partial charge is 0.241 e. The Morgan fingerprint density at radius 3 is 2.33 bits per heavy atom. The second kappa shape index (κ2) is 6.18. The fourth-order valence-electron chi connectivity index (χ4n) is 2.72. The molecule has 1 heterocycles. The minimum absolute atomic E-state index is 0.00782. The van der Waals surface area contributed by atoms with Crippen LogP contribution in [0, 0.1) is 11.3 Å². The normalized spacial score (nSPS) is 23.1. The average molecular weight is 288 g/mol. The van der Waals surface area contributed by atoms with E-state index in [4.69, 9.17) is 0 Å². The number of nitrogens with one attached hydrogen (secondary N) is 1. The van der Waals surface area contributed by atoms with E-state index >= 15 is 0 Å². The lowest BCUT2D eigenvalue weighted by Gasteiger charge is -2.28. The van der Waals surface area contributed by atoms with Crippen molar-refractivity contribution < 1.29 is 4.79 Å². The van der Waals surface area contributed by atoms with Crippen molar-refractivity contribution >= 4 is 5.91 Å². The number of benzene rings is 1. The summed E-state index contributed by atoms with van der Waals surface area (Å²) in [6.45, 7) is 11.7. The molecule has 0 spiro atoms. The van der Waals surface area contributed by atoms with Gasteiger partial charge in [-0.2, -0.15) is 0 Å². The van der Waals surface area contributed by atoms with Crippen molar-refractivity contribution in [2.45, 2.75) is 53.2 Å². The topological polar surface area (TPSA) is 32.3 Å². The molecule has 3 heteroatoms. The Morgan fingerprint density at radius 1 is 1.19 bits per heavy atom. The number of amides is 1. The summed E-state index contributed by atoms with van der Waals surface area (Å²) >= 11 is 0. The van der Waals surface area contributed by atoms with Gasteiger partial charge in [0.2, 0.25) is 5.91 Å². The Bertz CT molecular complexity index is 476. The molecule has 1 aliphatic heterocycles. The molecule has 116 valence electrons. The van der Waals surface area contributed by atoms with Crippen molar-refractivity contribution in [2.24, 2.45) is 11.3 Å². The van der Waals surface area contributed by atoms with E-state index in [0.29, 0.717) is 5.92 Å². The first-order valence-electron chi connectivity index (χ1n) is 7.91. The van der Waals surface area contributed by atoms with Crippen molar-refractivity contribution in [3.05, 3.63) is 35.9 Å². The number of carbonyl (C=O) groups is 1. The number of hydrogen-bond acceptors (Lipinski definition) is 2. The monoisotopic (exact) mass is 288 g/mol. The van der Waals surface area contributed by atoms with Crippen LogP contribution in [-0.4, -0.2) is 23.4 Å². The van der Waals surface area contributed by atoms with E-state index in [-0.39, 0.29) is 23.5 Å². The van der Waals surface area contributed by atoms with Gasteiger partial charge in [-0.3, -0.25) is 10.1 Å². The average Bonchev–Trinajstić information content (AvgIpc) is 2.74. The van der Waals surface area contributed by atoms with Crippen LogP contribution in [0.4, 0.5) is 0 Å². The molecule has 3 nitrogen and oxygen atoms in total. The van der Waals surface area contributed by atoms with E-state index in [1.165, 1.54) is 5.56 Å². The lowest BCUT2D eigenvalue weighted by molar-refractivity contribution is -0.131. The largest absolute Gasteiger partial charge is 0.322 e. The second-order valence-electron chi connectivity index (χ2n) is 7.54. The summed E-state index contributed by atoms with van der Waals surface area (Å²) in [7, 11) is 0. The summed E-state index contributed by atoms with van der Waals surface area (Å²) in [5, 5.41) is 3.52. The predicted molar refractivity (Wildman–Crippen MR) is 86.7 cm³/mol. The molecular formula is C18H28N2O. The molecule has 1 amide bonds. The summed E-state index contributed by atoms with van der Waals surface area (Å²) in [6, 6.07) is 10.2. The molecule has 1 aromatic rings. The molecule has 21 heavy (non-hydrogen) atoms. The molecule has 1 N–H and O–H groups in total. The maximum absolute atomic E-state index is 12.7. The van der Waals surface area contributed by atoms with E-state index in [9.17, 15) is 4.79 Å². The van der Waals surface area contributed by atoms with Crippen LogP contribution >= 0.6 is 0 Å². The van der Waals surface area contributed by atoms with Gasteiger partial charge in [0, 0.05) is 6.54 Å². The fraction of sp³-hybridized carbons (Fsp3) is 0.611. The van der Waals surface area contributed by atoms with E-state index in [0.717, 1.165) is 13.0 Å². The first-order chi connectivity index (χ1) is 9.79. The number of hydrogen-bond donors (Lipinski definition) is 1. The Morgan fingerprint density at radius 2 is 1.81 bits per heavy atom. The van der Waals surface area contributed by atoms with Crippen molar-refractivity contribution in [3.63, 3.8) is 0 Å². The molecule has 1 fully saturated rings. The number of nitrogens with zero attached hydrogens (tertiary/aromatic N) is 1. The minimum atomic E-state index is -0.0739. The molecule has 0 aliphatic carbocycles. The minimum Gasteiger partial charge on any atom is -0.322 e. The standard InChI is InChI=1S/C18H28N2O/c1-13(2)15-17(21)20(12-11-18(3,4)5)16(19-15)14-9-7-6-8-10-14/h6-10,13,15-16,19H,11-12H2,1-5H3. The van der Waals surface area contributed by atoms with Gasteiger partial charge in [-0.1, -0.05) is 65.0 Å². The van der Waals surface area contributed by atoms with Crippen molar-refractivity contribution in [1.82, 2.24) is 10.2 Å². The van der Waals surface area contributed by atoms with Gasteiger partial charge in [-0.15, -0.1) is 0 Å². The van der Waals surface area contributed by atoms with Gasteiger partial charge in [0.05, 0.1) is 6.04 Å². The SMILES string of the molecule is CC(C)C1NC(c2ccccc2)N(CCC(C)(C)C)C1=O. The molecule has 0 saturated carbocycles. The molecule has 1 aliphatic rings. The molecular weight excluding hydrogens is 260 g/mol. The van der Waals surface area contributed by atoms with Crippen LogP contribution in [-0.2, 0) is 4.79 Å². The van der Waals surface area contributed by atoms with E-state index < -0.39 is 0 Å². The van der Waals surface area contributed by atoms with Gasteiger partial charge in [-0.25, -0.2) is 0 Å². The summed E-state index contributed by atoms with van der Waals surface area (Å²) in [5.41, 5.74) is 1.40. The summed E-state index contributed by atoms with van der Waals surface area (Å²) < 4.78 is 0. The van der Waals surface area contributed by atoms with Gasteiger partial charge < -0.3 is 4.90 Å². The van der Waals surface area contributed by atoms with Crippen LogP contribution < -0.4 is 5.32 Å². The molecule has 0 aromatic heterocycles. The maximum Gasteiger partial charge on any atom is 0.241 e. The van der Waals surface area contributed by atoms with Gasteiger partial charge in [0.25, 0.3) is 0 Å². The van der Waals surface area contributed by atoms with Crippen molar-refractivity contribution in [1.29, 1.82) is 0 Å². The molecule has 1 saturated heterocycles. The molecule has 2 atom stereocenters. The highest BCUT2D eigenvalue weighted by atomic mass is 16.2. The lowest BCUT2D eigenvalue weighted by Crippen LogP contribution is -2.35. The highest BCUT2D eigenvalue weighted by Crippen LogP contribution is 2.30. The van der Waals surface area contributed by atoms with Crippen LogP contribution in [0.25, 0.3) is 0 Å². The predicted octanol–water partition coefficient (Wildman–Crippen LogP) is 3.58. The fourth-order valence-corrected chi connectivity index (χ4v) is 2.72. The van der Waals surface area contributed by atoms with E-state index in [2.05, 4.69) is 52.1 Å². The third-order valence-electron chi connectivity index (χ3n) is 4.08. The number of carbonyl (C=O) groups excluding carboxylic acids is 1. The second-order valence-corrected chi connectivity index (χ2v) is 7.54. The Kier molecular flexibility index (Phi) is 4.72. The summed E-state index contributed by atoms with van der Waals surface area (Å²) in [4.78, 5) is 14.7. The zero-order valence-corrected chi connectivity index (χ0v) is 13.9. The first-order valence-corrected chi connectivity index (χ1v) is 7.91. The van der Waals surface area contributed by atoms with E-state index in [1.807, 2.05) is 23.1 Å². The molecule has 1 aromatic carbocycles.